The standard InChI is InChI=1S/C13H12N2O4S/c1-8-2-3-9(4-11(8)15(18)19)5-12-14-10(7-20-12)6-13(16)17/h2-4,7H,5-6H2,1H3,(H,16,17). The van der Waals surface area contributed by atoms with E-state index in [1.54, 1.807) is 18.4 Å². The van der Waals surface area contributed by atoms with Crippen LogP contribution in [0.25, 0.3) is 0 Å². The van der Waals surface area contributed by atoms with Gasteiger partial charge in [-0.2, -0.15) is 0 Å². The van der Waals surface area contributed by atoms with Crippen molar-refractivity contribution in [1.82, 2.24) is 4.98 Å². The molecule has 1 heterocycles. The van der Waals surface area contributed by atoms with Crippen LogP contribution in [0.3, 0.4) is 0 Å². The molecule has 0 aliphatic heterocycles. The van der Waals surface area contributed by atoms with Crippen molar-refractivity contribution in [2.75, 3.05) is 0 Å². The molecule has 2 aromatic rings. The van der Waals surface area contributed by atoms with E-state index in [-0.39, 0.29) is 12.1 Å². The van der Waals surface area contributed by atoms with E-state index in [9.17, 15) is 14.9 Å². The molecule has 0 aliphatic carbocycles. The van der Waals surface area contributed by atoms with Gasteiger partial charge in [-0.3, -0.25) is 14.9 Å². The second kappa shape index (κ2) is 5.79. The van der Waals surface area contributed by atoms with E-state index in [1.165, 1.54) is 17.4 Å². The number of hydrogen-bond donors (Lipinski definition) is 1. The molecule has 7 heteroatoms. The topological polar surface area (TPSA) is 93.3 Å². The highest BCUT2D eigenvalue weighted by Gasteiger charge is 2.12. The van der Waals surface area contributed by atoms with Crippen molar-refractivity contribution in [3.8, 4) is 0 Å². The highest BCUT2D eigenvalue weighted by Crippen LogP contribution is 2.22. The first-order valence-corrected chi connectivity index (χ1v) is 6.72. The summed E-state index contributed by atoms with van der Waals surface area (Å²) in [6, 6.07) is 5.06. The molecule has 0 saturated carbocycles. The van der Waals surface area contributed by atoms with Gasteiger partial charge >= 0.3 is 5.97 Å². The lowest BCUT2D eigenvalue weighted by Gasteiger charge is -2.01. The van der Waals surface area contributed by atoms with Gasteiger partial charge in [-0.15, -0.1) is 11.3 Å². The lowest BCUT2D eigenvalue weighted by atomic mass is 10.1. The van der Waals surface area contributed by atoms with Gasteiger partial charge in [-0.25, -0.2) is 4.98 Å². The van der Waals surface area contributed by atoms with E-state index >= 15 is 0 Å². The number of carbonyl (C=O) groups is 1. The second-order valence-corrected chi connectivity index (χ2v) is 5.30. The van der Waals surface area contributed by atoms with Gasteiger partial charge in [-0.05, 0) is 12.5 Å². The first-order chi connectivity index (χ1) is 9.45. The minimum atomic E-state index is -0.923. The predicted octanol–water partition coefficient (Wildman–Crippen LogP) is 2.58. The summed E-state index contributed by atoms with van der Waals surface area (Å²) >= 11 is 1.36. The Labute approximate surface area is 118 Å². The number of benzene rings is 1. The van der Waals surface area contributed by atoms with E-state index in [0.29, 0.717) is 17.7 Å². The van der Waals surface area contributed by atoms with Crippen molar-refractivity contribution in [3.63, 3.8) is 0 Å². The number of nitro groups is 1. The second-order valence-electron chi connectivity index (χ2n) is 4.36. The van der Waals surface area contributed by atoms with Crippen molar-refractivity contribution < 1.29 is 14.8 Å². The molecule has 1 N–H and O–H groups in total. The van der Waals surface area contributed by atoms with Crippen LogP contribution in [0.15, 0.2) is 23.6 Å². The molecular formula is C13H12N2O4S. The Balaban J connectivity index is 2.17. The smallest absolute Gasteiger partial charge is 0.309 e. The van der Waals surface area contributed by atoms with Crippen LogP contribution in [-0.4, -0.2) is 21.0 Å². The predicted molar refractivity (Wildman–Crippen MR) is 74.1 cm³/mol. The van der Waals surface area contributed by atoms with Gasteiger partial charge in [0.15, 0.2) is 0 Å². The molecule has 0 fully saturated rings. The van der Waals surface area contributed by atoms with Gasteiger partial charge < -0.3 is 5.11 Å². The van der Waals surface area contributed by atoms with E-state index in [1.807, 2.05) is 6.07 Å². The molecule has 0 unspecified atom stereocenters. The first-order valence-electron chi connectivity index (χ1n) is 5.84. The lowest BCUT2D eigenvalue weighted by molar-refractivity contribution is -0.385. The molecule has 0 spiro atoms. The van der Waals surface area contributed by atoms with Gasteiger partial charge in [-0.1, -0.05) is 12.1 Å². The summed E-state index contributed by atoms with van der Waals surface area (Å²) in [5.74, 6) is -0.923. The zero-order valence-corrected chi connectivity index (χ0v) is 11.5. The minimum Gasteiger partial charge on any atom is -0.481 e. The van der Waals surface area contributed by atoms with E-state index in [0.717, 1.165) is 10.6 Å². The largest absolute Gasteiger partial charge is 0.481 e. The third-order valence-corrected chi connectivity index (χ3v) is 3.65. The number of nitrogens with zero attached hydrogens (tertiary/aromatic N) is 2. The van der Waals surface area contributed by atoms with Crippen molar-refractivity contribution in [1.29, 1.82) is 0 Å². The molecular weight excluding hydrogens is 280 g/mol. The minimum absolute atomic E-state index is 0.0878. The summed E-state index contributed by atoms with van der Waals surface area (Å²) in [5, 5.41) is 22.0. The van der Waals surface area contributed by atoms with Crippen LogP contribution in [0.1, 0.15) is 21.8 Å². The fraction of sp³-hybridized carbons (Fsp3) is 0.231. The SMILES string of the molecule is Cc1ccc(Cc2nc(CC(=O)O)cs2)cc1[N+](=O)[O-]. The van der Waals surface area contributed by atoms with Crippen LogP contribution in [0.5, 0.6) is 0 Å². The number of aromatic nitrogens is 1. The first kappa shape index (κ1) is 14.1. The number of hydrogen-bond acceptors (Lipinski definition) is 5. The molecule has 0 amide bonds. The maximum atomic E-state index is 10.9. The third kappa shape index (κ3) is 3.39. The van der Waals surface area contributed by atoms with Gasteiger partial charge in [0.2, 0.25) is 0 Å². The number of nitro benzene ring substituents is 1. The molecule has 0 bridgehead atoms. The normalized spacial score (nSPS) is 10.4. The monoisotopic (exact) mass is 292 g/mol. The van der Waals surface area contributed by atoms with Crippen molar-refractivity contribution in [3.05, 3.63) is 55.5 Å². The maximum Gasteiger partial charge on any atom is 0.309 e. The molecule has 1 aromatic carbocycles. The summed E-state index contributed by atoms with van der Waals surface area (Å²) < 4.78 is 0. The Kier molecular flexibility index (Phi) is 4.09. The Morgan fingerprint density at radius 3 is 2.90 bits per heavy atom. The van der Waals surface area contributed by atoms with Crippen molar-refractivity contribution in [2.45, 2.75) is 19.8 Å². The van der Waals surface area contributed by atoms with Crippen LogP contribution in [0.4, 0.5) is 5.69 Å². The van der Waals surface area contributed by atoms with Crippen molar-refractivity contribution >= 4 is 23.0 Å². The van der Waals surface area contributed by atoms with Gasteiger partial charge in [0.1, 0.15) is 0 Å². The maximum absolute atomic E-state index is 10.9. The van der Waals surface area contributed by atoms with E-state index in [2.05, 4.69) is 4.98 Å². The van der Waals surface area contributed by atoms with Crippen LogP contribution < -0.4 is 0 Å². The fourth-order valence-corrected chi connectivity index (χ4v) is 2.63. The lowest BCUT2D eigenvalue weighted by Crippen LogP contribution is -2.00. The molecule has 0 aliphatic rings. The molecule has 20 heavy (non-hydrogen) atoms. The highest BCUT2D eigenvalue weighted by atomic mass is 32.1. The Morgan fingerprint density at radius 1 is 1.50 bits per heavy atom. The number of aryl methyl sites for hydroxylation is 1. The molecule has 1 aromatic heterocycles. The molecule has 2 rings (SSSR count). The number of carboxylic acids is 1. The summed E-state index contributed by atoms with van der Waals surface area (Å²) in [5.41, 5.74) is 2.01. The summed E-state index contributed by atoms with van der Waals surface area (Å²) in [4.78, 5) is 25.3. The zero-order valence-electron chi connectivity index (χ0n) is 10.7. The van der Waals surface area contributed by atoms with Gasteiger partial charge in [0.05, 0.1) is 22.0 Å². The molecule has 6 nitrogen and oxygen atoms in total. The average molecular weight is 292 g/mol. The average Bonchev–Trinajstić information content (AvgIpc) is 2.77. The van der Waals surface area contributed by atoms with E-state index in [4.69, 9.17) is 5.11 Å². The number of thiazole rings is 1. The molecule has 0 atom stereocenters. The van der Waals surface area contributed by atoms with E-state index < -0.39 is 10.9 Å². The summed E-state index contributed by atoms with van der Waals surface area (Å²) in [6.07, 6.45) is 0.357. The number of aliphatic carboxylic acids is 1. The van der Waals surface area contributed by atoms with Crippen LogP contribution in [-0.2, 0) is 17.6 Å². The number of carboxylic acid groups (broad SMARTS) is 1. The van der Waals surface area contributed by atoms with Crippen LogP contribution in [0.2, 0.25) is 0 Å². The summed E-state index contributed by atoms with van der Waals surface area (Å²) in [7, 11) is 0. The van der Waals surface area contributed by atoms with Gasteiger partial charge in [0, 0.05) is 23.4 Å². The van der Waals surface area contributed by atoms with Crippen molar-refractivity contribution in [2.24, 2.45) is 0 Å². The third-order valence-electron chi connectivity index (χ3n) is 2.76. The van der Waals surface area contributed by atoms with Crippen LogP contribution in [0, 0.1) is 17.0 Å². The molecule has 0 radical (unpaired) electrons. The molecule has 0 saturated heterocycles. The number of rotatable bonds is 5. The Bertz CT molecular complexity index is 666. The van der Waals surface area contributed by atoms with Crippen LogP contribution >= 0.6 is 11.3 Å². The molecule has 104 valence electrons. The highest BCUT2D eigenvalue weighted by molar-refractivity contribution is 7.09. The Morgan fingerprint density at radius 2 is 2.25 bits per heavy atom. The van der Waals surface area contributed by atoms with Gasteiger partial charge in [0.25, 0.3) is 5.69 Å². The fourth-order valence-electron chi connectivity index (χ4n) is 1.80. The quantitative estimate of drug-likeness (QED) is 0.675. The zero-order chi connectivity index (χ0) is 14.7. The summed E-state index contributed by atoms with van der Waals surface area (Å²) in [6.45, 7) is 1.69. The Hall–Kier alpha value is -2.28.